The van der Waals surface area contributed by atoms with E-state index in [2.05, 4.69) is 45.1 Å². The number of pyridine rings is 1. The molecule has 40 heavy (non-hydrogen) atoms. The lowest BCUT2D eigenvalue weighted by Crippen LogP contribution is -2.28. The number of rotatable bonds is 7. The van der Waals surface area contributed by atoms with Crippen molar-refractivity contribution in [2.45, 2.75) is 13.3 Å². The van der Waals surface area contributed by atoms with E-state index in [0.717, 1.165) is 49.2 Å². The van der Waals surface area contributed by atoms with E-state index >= 15 is 0 Å². The van der Waals surface area contributed by atoms with Gasteiger partial charge in [0.2, 0.25) is 11.9 Å². The van der Waals surface area contributed by atoms with Gasteiger partial charge in [-0.2, -0.15) is 4.98 Å². The highest BCUT2D eigenvalue weighted by Gasteiger charge is 2.16. The molecule has 0 aliphatic carbocycles. The molecular weight excluding hydrogens is 506 g/mol. The molecule has 2 aromatic heterocycles. The second-order valence-corrected chi connectivity index (χ2v) is 9.83. The molecule has 1 aliphatic heterocycles. The number of hydrogen-bond donors (Lipinski definition) is 2. The maximum Gasteiger partial charge on any atom is 0.257 e. The SMILES string of the molecule is C=CC(=O)Nc1cccc(-n2c(=O)cc(C)c3cnc(Nc4ccc(N5CCCN(C)CC5)cc4OC)nc32)c1. The summed E-state index contributed by atoms with van der Waals surface area (Å²) in [5, 5.41) is 6.74. The van der Waals surface area contributed by atoms with Crippen LogP contribution >= 0.6 is 0 Å². The fourth-order valence-corrected chi connectivity index (χ4v) is 4.88. The number of nitrogens with zero attached hydrogens (tertiary/aromatic N) is 5. The third-order valence-electron chi connectivity index (χ3n) is 7.04. The van der Waals surface area contributed by atoms with Crippen molar-refractivity contribution in [3.8, 4) is 11.4 Å². The van der Waals surface area contributed by atoms with Gasteiger partial charge in [0.05, 0.1) is 18.5 Å². The van der Waals surface area contributed by atoms with Crippen molar-refractivity contribution in [1.29, 1.82) is 0 Å². The van der Waals surface area contributed by atoms with E-state index in [9.17, 15) is 9.59 Å². The molecule has 0 saturated carbocycles. The van der Waals surface area contributed by atoms with Crippen LogP contribution in [0, 0.1) is 6.92 Å². The smallest absolute Gasteiger partial charge is 0.257 e. The van der Waals surface area contributed by atoms with Gasteiger partial charge in [-0.3, -0.25) is 14.2 Å². The Morgan fingerprint density at radius 2 is 1.93 bits per heavy atom. The van der Waals surface area contributed by atoms with Crippen LogP contribution in [-0.2, 0) is 4.79 Å². The predicted molar refractivity (Wildman–Crippen MR) is 159 cm³/mol. The molecule has 10 heteroatoms. The van der Waals surface area contributed by atoms with Crippen LogP contribution in [0.25, 0.3) is 16.7 Å². The summed E-state index contributed by atoms with van der Waals surface area (Å²) in [5.74, 6) is 0.658. The number of aryl methyl sites for hydroxylation is 1. The normalized spacial score (nSPS) is 14.0. The summed E-state index contributed by atoms with van der Waals surface area (Å²) >= 11 is 0. The van der Waals surface area contributed by atoms with Gasteiger partial charge in [0, 0.05) is 54.7 Å². The topological polar surface area (TPSA) is 105 Å². The average Bonchev–Trinajstić information content (AvgIpc) is 3.17. The first-order valence-electron chi connectivity index (χ1n) is 13.2. The molecule has 0 bridgehead atoms. The Hall–Kier alpha value is -4.70. The van der Waals surface area contributed by atoms with Crippen LogP contribution in [0.2, 0.25) is 0 Å². The first-order chi connectivity index (χ1) is 19.4. The van der Waals surface area contributed by atoms with Crippen LogP contribution in [0.4, 0.5) is 23.0 Å². The summed E-state index contributed by atoms with van der Waals surface area (Å²) in [5.41, 5.74) is 3.89. The Labute approximate surface area is 232 Å². The van der Waals surface area contributed by atoms with Crippen molar-refractivity contribution in [1.82, 2.24) is 19.4 Å². The summed E-state index contributed by atoms with van der Waals surface area (Å²) in [6, 6.07) is 14.6. The van der Waals surface area contributed by atoms with Crippen molar-refractivity contribution in [2.75, 3.05) is 55.9 Å². The maximum atomic E-state index is 13.2. The average molecular weight is 540 g/mol. The molecule has 1 amide bonds. The third kappa shape index (κ3) is 5.67. The van der Waals surface area contributed by atoms with Gasteiger partial charge >= 0.3 is 0 Å². The number of aromatic nitrogens is 3. The van der Waals surface area contributed by atoms with Crippen molar-refractivity contribution >= 4 is 40.0 Å². The van der Waals surface area contributed by atoms with E-state index in [4.69, 9.17) is 9.72 Å². The van der Waals surface area contributed by atoms with Gasteiger partial charge in [-0.15, -0.1) is 0 Å². The summed E-state index contributed by atoms with van der Waals surface area (Å²) in [4.78, 5) is 39.0. The minimum Gasteiger partial charge on any atom is -0.494 e. The van der Waals surface area contributed by atoms with Crippen LogP contribution in [0.3, 0.4) is 0 Å². The summed E-state index contributed by atoms with van der Waals surface area (Å²) < 4.78 is 7.23. The van der Waals surface area contributed by atoms with Gasteiger partial charge in [0.1, 0.15) is 5.75 Å². The molecule has 2 aromatic carbocycles. The maximum absolute atomic E-state index is 13.2. The molecule has 1 saturated heterocycles. The molecule has 1 aliphatic rings. The fraction of sp³-hybridized carbons (Fsp3) is 0.267. The number of ether oxygens (including phenoxy) is 1. The largest absolute Gasteiger partial charge is 0.494 e. The lowest BCUT2D eigenvalue weighted by Gasteiger charge is -2.24. The number of nitrogens with one attached hydrogen (secondary N) is 2. The molecule has 0 radical (unpaired) electrons. The van der Waals surface area contributed by atoms with Crippen molar-refractivity contribution in [3.05, 3.63) is 83.3 Å². The highest BCUT2D eigenvalue weighted by atomic mass is 16.5. The number of methoxy groups -OCH3 is 1. The van der Waals surface area contributed by atoms with E-state index in [1.807, 2.05) is 19.1 Å². The first-order valence-corrected chi connectivity index (χ1v) is 13.2. The van der Waals surface area contributed by atoms with Gasteiger partial charge in [-0.25, -0.2) is 4.98 Å². The monoisotopic (exact) mass is 539 g/mol. The van der Waals surface area contributed by atoms with Crippen LogP contribution in [0.15, 0.2) is 72.2 Å². The van der Waals surface area contributed by atoms with Gasteiger partial charge < -0.3 is 25.2 Å². The van der Waals surface area contributed by atoms with Crippen LogP contribution in [0.5, 0.6) is 5.75 Å². The Morgan fingerprint density at radius 1 is 1.07 bits per heavy atom. The first kappa shape index (κ1) is 26.9. The highest BCUT2D eigenvalue weighted by molar-refractivity contribution is 5.99. The third-order valence-corrected chi connectivity index (χ3v) is 7.04. The molecule has 5 rings (SSSR count). The zero-order valence-electron chi connectivity index (χ0n) is 23.0. The van der Waals surface area contributed by atoms with Crippen LogP contribution < -0.4 is 25.8 Å². The zero-order valence-corrected chi connectivity index (χ0v) is 23.0. The molecule has 1 fully saturated rings. The molecule has 206 valence electrons. The fourth-order valence-electron chi connectivity index (χ4n) is 4.88. The van der Waals surface area contributed by atoms with Gasteiger partial charge in [-0.05, 0) is 68.9 Å². The number of carbonyl (C=O) groups is 1. The number of anilines is 4. The lowest BCUT2D eigenvalue weighted by molar-refractivity contribution is -0.111. The van der Waals surface area contributed by atoms with Gasteiger partial charge in [0.25, 0.3) is 5.56 Å². The number of likely N-dealkylation sites (N-methyl/N-ethyl adjacent to an activating group) is 1. The van der Waals surface area contributed by atoms with E-state index in [-0.39, 0.29) is 11.5 Å². The predicted octanol–water partition coefficient (Wildman–Crippen LogP) is 4.11. The standard InChI is InChI=1S/C30H33N7O3/c1-5-27(38)32-21-8-6-9-23(17-21)37-28(39)16-20(2)24-19-31-30(34-29(24)37)33-25-11-10-22(18-26(25)40-4)36-13-7-12-35(3)14-15-36/h5-6,8-11,16-19H,1,7,12-15H2,2-4H3,(H,32,38)(H,31,33,34). The van der Waals surface area contributed by atoms with Crippen molar-refractivity contribution in [2.24, 2.45) is 0 Å². The van der Waals surface area contributed by atoms with Crippen LogP contribution in [-0.4, -0.2) is 65.7 Å². The van der Waals surface area contributed by atoms with Crippen LogP contribution in [0.1, 0.15) is 12.0 Å². The molecule has 0 atom stereocenters. The molecule has 0 spiro atoms. The molecule has 10 nitrogen and oxygen atoms in total. The Kier molecular flexibility index (Phi) is 7.79. The Bertz CT molecular complexity index is 1630. The highest BCUT2D eigenvalue weighted by Crippen LogP contribution is 2.32. The molecule has 4 aromatic rings. The summed E-state index contributed by atoms with van der Waals surface area (Å²) in [6.45, 7) is 9.39. The summed E-state index contributed by atoms with van der Waals surface area (Å²) in [7, 11) is 3.79. The zero-order chi connectivity index (χ0) is 28.2. The Balaban J connectivity index is 1.50. The molecule has 0 unspecified atom stereocenters. The Morgan fingerprint density at radius 3 is 2.73 bits per heavy atom. The quantitative estimate of drug-likeness (QED) is 0.338. The van der Waals surface area contributed by atoms with E-state index in [1.165, 1.54) is 10.6 Å². The van der Waals surface area contributed by atoms with E-state index in [1.54, 1.807) is 43.6 Å². The van der Waals surface area contributed by atoms with Crippen molar-refractivity contribution < 1.29 is 9.53 Å². The molecule has 3 heterocycles. The molecule has 2 N–H and O–H groups in total. The number of hydrogen-bond acceptors (Lipinski definition) is 8. The number of carbonyl (C=O) groups excluding carboxylic acids is 1. The second kappa shape index (κ2) is 11.6. The minimum absolute atomic E-state index is 0.244. The van der Waals surface area contributed by atoms with Crippen molar-refractivity contribution in [3.63, 3.8) is 0 Å². The van der Waals surface area contributed by atoms with E-state index < -0.39 is 0 Å². The van der Waals surface area contributed by atoms with E-state index in [0.29, 0.717) is 34.4 Å². The summed E-state index contributed by atoms with van der Waals surface area (Å²) in [6.07, 6.45) is 4.00. The second-order valence-electron chi connectivity index (χ2n) is 9.83. The van der Waals surface area contributed by atoms with Gasteiger partial charge in [-0.1, -0.05) is 12.6 Å². The minimum atomic E-state index is -0.338. The number of fused-ring (bicyclic) bond motifs is 1. The van der Waals surface area contributed by atoms with Gasteiger partial charge in [0.15, 0.2) is 5.65 Å². The number of benzene rings is 2. The lowest BCUT2D eigenvalue weighted by atomic mass is 10.2. The number of amides is 1. The molecular formula is C30H33N7O3.